The lowest BCUT2D eigenvalue weighted by Gasteiger charge is -2.22. The maximum atomic E-state index is 12.2. The van der Waals surface area contributed by atoms with Crippen LogP contribution in [-0.4, -0.2) is 25.7 Å². The molecule has 1 aliphatic carbocycles. The van der Waals surface area contributed by atoms with Crippen LogP contribution in [0.1, 0.15) is 31.2 Å². The zero-order valence-electron chi connectivity index (χ0n) is 10.8. The van der Waals surface area contributed by atoms with E-state index in [0.29, 0.717) is 12.8 Å². The number of aliphatic hydroxyl groups is 1. The number of hydrogen-bond acceptors (Lipinski definition) is 4. The molecule has 2 rings (SSSR count). The molecule has 0 bridgehead atoms. The first-order valence-corrected chi connectivity index (χ1v) is 8.14. The maximum Gasteiger partial charge on any atom is 0.242 e. The summed E-state index contributed by atoms with van der Waals surface area (Å²) in [6, 6.07) is 5.89. The van der Waals surface area contributed by atoms with E-state index in [1.807, 2.05) is 6.07 Å². The first-order valence-electron chi connectivity index (χ1n) is 6.28. The molecular weight excluding hydrogens is 300 g/mol. The van der Waals surface area contributed by atoms with E-state index in [1.54, 1.807) is 0 Å². The van der Waals surface area contributed by atoms with E-state index in [-0.39, 0.29) is 22.0 Å². The van der Waals surface area contributed by atoms with Crippen molar-refractivity contribution in [2.75, 3.05) is 6.54 Å². The van der Waals surface area contributed by atoms with Gasteiger partial charge >= 0.3 is 0 Å². The fourth-order valence-corrected chi connectivity index (χ4v) is 3.86. The Morgan fingerprint density at radius 3 is 2.65 bits per heavy atom. The van der Waals surface area contributed by atoms with Gasteiger partial charge in [0.15, 0.2) is 0 Å². The summed E-state index contributed by atoms with van der Waals surface area (Å²) in [5.41, 5.74) is -0.960. The summed E-state index contributed by atoms with van der Waals surface area (Å²) in [6.45, 7) is -0.0489. The molecule has 0 aliphatic heterocycles. The van der Waals surface area contributed by atoms with Gasteiger partial charge in [0, 0.05) is 11.6 Å². The number of rotatable bonds is 4. The molecule has 0 spiro atoms. The number of benzene rings is 1. The van der Waals surface area contributed by atoms with Crippen molar-refractivity contribution in [3.8, 4) is 6.07 Å². The second-order valence-electron chi connectivity index (χ2n) is 5.01. The van der Waals surface area contributed by atoms with Crippen molar-refractivity contribution < 1.29 is 13.5 Å². The number of hydrogen-bond donors (Lipinski definition) is 2. The van der Waals surface area contributed by atoms with Gasteiger partial charge in [-0.1, -0.05) is 24.4 Å². The molecule has 0 atom stereocenters. The zero-order chi connectivity index (χ0) is 14.8. The second-order valence-corrected chi connectivity index (χ2v) is 7.18. The third kappa shape index (κ3) is 3.30. The van der Waals surface area contributed by atoms with Crippen LogP contribution in [0.3, 0.4) is 0 Å². The van der Waals surface area contributed by atoms with Crippen molar-refractivity contribution in [1.82, 2.24) is 4.72 Å². The van der Waals surface area contributed by atoms with E-state index in [0.717, 1.165) is 12.8 Å². The highest BCUT2D eigenvalue weighted by Crippen LogP contribution is 2.29. The van der Waals surface area contributed by atoms with E-state index < -0.39 is 15.6 Å². The van der Waals surface area contributed by atoms with Crippen LogP contribution >= 0.6 is 11.6 Å². The van der Waals surface area contributed by atoms with Crippen molar-refractivity contribution >= 4 is 21.6 Å². The van der Waals surface area contributed by atoms with E-state index in [1.165, 1.54) is 18.2 Å². The van der Waals surface area contributed by atoms with Crippen molar-refractivity contribution in [3.05, 3.63) is 28.8 Å². The lowest BCUT2D eigenvalue weighted by molar-refractivity contribution is 0.0532. The molecule has 2 N–H and O–H groups in total. The highest BCUT2D eigenvalue weighted by Gasteiger charge is 2.33. The normalized spacial score (nSPS) is 17.9. The van der Waals surface area contributed by atoms with Crippen LogP contribution in [0.5, 0.6) is 0 Å². The van der Waals surface area contributed by atoms with Gasteiger partial charge in [-0.25, -0.2) is 13.1 Å². The SMILES string of the molecule is N#Cc1ccc(Cl)cc1S(=O)(=O)NCC1(O)CCCC1. The van der Waals surface area contributed by atoms with Gasteiger partial charge < -0.3 is 5.11 Å². The first-order chi connectivity index (χ1) is 9.36. The summed E-state index contributed by atoms with van der Waals surface area (Å²) in [6.07, 6.45) is 2.93. The van der Waals surface area contributed by atoms with Gasteiger partial charge in [-0.3, -0.25) is 0 Å². The minimum Gasteiger partial charge on any atom is -0.389 e. The van der Waals surface area contributed by atoms with E-state index in [4.69, 9.17) is 16.9 Å². The van der Waals surface area contributed by atoms with Gasteiger partial charge in [0.2, 0.25) is 10.0 Å². The number of nitrogens with one attached hydrogen (secondary N) is 1. The van der Waals surface area contributed by atoms with E-state index >= 15 is 0 Å². The van der Waals surface area contributed by atoms with Crippen molar-refractivity contribution in [1.29, 1.82) is 5.26 Å². The Morgan fingerprint density at radius 2 is 2.05 bits per heavy atom. The quantitative estimate of drug-likeness (QED) is 0.886. The van der Waals surface area contributed by atoms with Crippen LogP contribution in [0, 0.1) is 11.3 Å². The molecule has 20 heavy (non-hydrogen) atoms. The van der Waals surface area contributed by atoms with Gasteiger partial charge in [0.25, 0.3) is 0 Å². The molecule has 0 amide bonds. The molecule has 1 saturated carbocycles. The van der Waals surface area contributed by atoms with Gasteiger partial charge in [0.05, 0.1) is 11.2 Å². The van der Waals surface area contributed by atoms with Gasteiger partial charge in [0.1, 0.15) is 11.0 Å². The highest BCUT2D eigenvalue weighted by molar-refractivity contribution is 7.89. The van der Waals surface area contributed by atoms with Crippen molar-refractivity contribution in [3.63, 3.8) is 0 Å². The Balaban J connectivity index is 2.23. The largest absolute Gasteiger partial charge is 0.389 e. The zero-order valence-corrected chi connectivity index (χ0v) is 12.3. The number of halogens is 1. The Morgan fingerprint density at radius 1 is 1.40 bits per heavy atom. The summed E-state index contributed by atoms with van der Waals surface area (Å²) in [5.74, 6) is 0. The molecule has 0 unspecified atom stereocenters. The van der Waals surface area contributed by atoms with Crippen LogP contribution < -0.4 is 4.72 Å². The van der Waals surface area contributed by atoms with E-state index in [9.17, 15) is 13.5 Å². The topological polar surface area (TPSA) is 90.2 Å². The average molecular weight is 315 g/mol. The van der Waals surface area contributed by atoms with Crippen LogP contribution in [0.4, 0.5) is 0 Å². The van der Waals surface area contributed by atoms with E-state index in [2.05, 4.69) is 4.72 Å². The maximum absolute atomic E-state index is 12.2. The summed E-state index contributed by atoms with van der Waals surface area (Å²) in [7, 11) is -3.87. The molecule has 0 saturated heterocycles. The Labute approximate surface area is 123 Å². The highest BCUT2D eigenvalue weighted by atomic mass is 35.5. The van der Waals surface area contributed by atoms with Crippen LogP contribution in [0.15, 0.2) is 23.1 Å². The first kappa shape index (κ1) is 15.3. The Bertz CT molecular complexity index is 646. The smallest absolute Gasteiger partial charge is 0.242 e. The fraction of sp³-hybridized carbons (Fsp3) is 0.462. The molecule has 1 aliphatic rings. The Kier molecular flexibility index (Phi) is 4.35. The standard InChI is InChI=1S/C13H15ClN2O3S/c14-11-4-3-10(8-15)12(7-11)20(18,19)16-9-13(17)5-1-2-6-13/h3-4,7,16-17H,1-2,5-6,9H2. The predicted molar refractivity (Wildman–Crippen MR) is 74.8 cm³/mol. The summed E-state index contributed by atoms with van der Waals surface area (Å²) in [4.78, 5) is -0.158. The van der Waals surface area contributed by atoms with Crippen LogP contribution in [-0.2, 0) is 10.0 Å². The van der Waals surface area contributed by atoms with Crippen molar-refractivity contribution in [2.45, 2.75) is 36.2 Å². The molecule has 0 radical (unpaired) electrons. The predicted octanol–water partition coefficient (Wildman–Crippen LogP) is 1.80. The molecule has 7 heteroatoms. The lowest BCUT2D eigenvalue weighted by atomic mass is 10.0. The summed E-state index contributed by atoms with van der Waals surface area (Å²) < 4.78 is 26.8. The Hall–Kier alpha value is -1.13. The molecule has 108 valence electrons. The summed E-state index contributed by atoms with van der Waals surface area (Å²) >= 11 is 5.78. The molecule has 1 aromatic rings. The monoisotopic (exact) mass is 314 g/mol. The molecule has 1 fully saturated rings. The number of sulfonamides is 1. The lowest BCUT2D eigenvalue weighted by Crippen LogP contribution is -2.40. The molecule has 5 nitrogen and oxygen atoms in total. The minimum absolute atomic E-state index is 0.0281. The number of nitrogens with zero attached hydrogens (tertiary/aromatic N) is 1. The molecule has 0 heterocycles. The fourth-order valence-electron chi connectivity index (χ4n) is 2.33. The molecule has 1 aromatic carbocycles. The van der Waals surface area contributed by atoms with Gasteiger partial charge in [-0.05, 0) is 31.0 Å². The number of nitriles is 1. The van der Waals surface area contributed by atoms with Gasteiger partial charge in [-0.2, -0.15) is 5.26 Å². The average Bonchev–Trinajstić information content (AvgIpc) is 2.84. The van der Waals surface area contributed by atoms with Crippen molar-refractivity contribution in [2.24, 2.45) is 0 Å². The minimum atomic E-state index is -3.87. The van der Waals surface area contributed by atoms with Crippen LogP contribution in [0.25, 0.3) is 0 Å². The van der Waals surface area contributed by atoms with Gasteiger partial charge in [-0.15, -0.1) is 0 Å². The third-order valence-corrected chi connectivity index (χ3v) is 5.16. The van der Waals surface area contributed by atoms with Crippen LogP contribution in [0.2, 0.25) is 5.02 Å². The third-order valence-electron chi connectivity index (χ3n) is 3.48. The second kappa shape index (κ2) is 5.70. The molecular formula is C13H15ClN2O3S. The molecule has 0 aromatic heterocycles. The summed E-state index contributed by atoms with van der Waals surface area (Å²) in [5, 5.41) is 19.4.